The van der Waals surface area contributed by atoms with Crippen LogP contribution in [0.2, 0.25) is 0 Å². The first kappa shape index (κ1) is 14.2. The van der Waals surface area contributed by atoms with E-state index in [9.17, 15) is 8.42 Å². The summed E-state index contributed by atoms with van der Waals surface area (Å²) in [6.07, 6.45) is 0. The Balaban J connectivity index is 2.55. The number of halogens is 1. The van der Waals surface area contributed by atoms with Gasteiger partial charge in [-0.3, -0.25) is 0 Å². The van der Waals surface area contributed by atoms with Gasteiger partial charge in [-0.25, -0.2) is 13.1 Å². The van der Waals surface area contributed by atoms with E-state index < -0.39 is 10.0 Å². The molecule has 0 aliphatic carbocycles. The van der Waals surface area contributed by atoms with E-state index in [1.54, 1.807) is 0 Å². The molecular weight excluding hydrogens is 310 g/mol. The zero-order valence-corrected chi connectivity index (χ0v) is 12.8. The van der Waals surface area contributed by atoms with E-state index in [0.29, 0.717) is 6.54 Å². The summed E-state index contributed by atoms with van der Waals surface area (Å²) in [6, 6.07) is 1.92. The fourth-order valence-electron chi connectivity index (χ4n) is 1.25. The van der Waals surface area contributed by atoms with Crippen LogP contribution in [0.25, 0.3) is 0 Å². The van der Waals surface area contributed by atoms with Gasteiger partial charge in [0.15, 0.2) is 0 Å². The molecule has 0 bridgehead atoms. The minimum atomic E-state index is -3.19. The molecule has 0 atom stereocenters. The second-order valence-corrected chi connectivity index (χ2v) is 8.59. The van der Waals surface area contributed by atoms with Crippen LogP contribution in [-0.2, 0) is 16.6 Å². The second-order valence-electron chi connectivity index (χ2n) is 4.87. The first-order valence-electron chi connectivity index (χ1n) is 4.88. The Morgan fingerprint density at radius 3 is 2.50 bits per heavy atom. The summed E-state index contributed by atoms with van der Waals surface area (Å²) < 4.78 is 27.0. The Hall–Kier alpha value is 0.0900. The highest BCUT2D eigenvalue weighted by Crippen LogP contribution is 2.20. The van der Waals surface area contributed by atoms with Crippen LogP contribution < -0.4 is 4.72 Å². The van der Waals surface area contributed by atoms with Crippen LogP contribution in [0.3, 0.4) is 0 Å². The average molecular weight is 326 g/mol. The minimum Gasteiger partial charge on any atom is -0.212 e. The number of hydrogen-bond acceptors (Lipinski definition) is 3. The lowest BCUT2D eigenvalue weighted by Crippen LogP contribution is -2.31. The minimum absolute atomic E-state index is 0.145. The first-order chi connectivity index (χ1) is 7.18. The summed E-state index contributed by atoms with van der Waals surface area (Å²) in [7, 11) is -3.19. The third-order valence-electron chi connectivity index (χ3n) is 1.71. The van der Waals surface area contributed by atoms with Gasteiger partial charge in [-0.2, -0.15) is 0 Å². The Bertz CT molecular complexity index is 446. The van der Waals surface area contributed by atoms with Gasteiger partial charge < -0.3 is 0 Å². The van der Waals surface area contributed by atoms with Gasteiger partial charge in [-0.15, -0.1) is 11.3 Å². The summed E-state index contributed by atoms with van der Waals surface area (Å²) in [5, 5.41) is 1.94. The topological polar surface area (TPSA) is 46.2 Å². The van der Waals surface area contributed by atoms with Gasteiger partial charge in [0, 0.05) is 21.3 Å². The third-order valence-corrected chi connectivity index (χ3v) is 5.24. The molecule has 16 heavy (non-hydrogen) atoms. The van der Waals surface area contributed by atoms with E-state index in [1.807, 2.05) is 32.2 Å². The lowest BCUT2D eigenvalue weighted by Gasteiger charge is -2.18. The van der Waals surface area contributed by atoms with Gasteiger partial charge in [-0.05, 0) is 27.4 Å². The highest BCUT2D eigenvalue weighted by atomic mass is 79.9. The van der Waals surface area contributed by atoms with E-state index >= 15 is 0 Å². The molecule has 6 heteroatoms. The Morgan fingerprint density at radius 2 is 2.06 bits per heavy atom. The quantitative estimate of drug-likeness (QED) is 0.925. The molecule has 0 saturated carbocycles. The van der Waals surface area contributed by atoms with E-state index in [1.165, 1.54) is 11.3 Å². The third kappa shape index (κ3) is 5.43. The molecule has 0 saturated heterocycles. The maximum atomic E-state index is 11.7. The molecule has 0 unspecified atom stereocenters. The van der Waals surface area contributed by atoms with Crippen molar-refractivity contribution in [2.75, 3.05) is 5.75 Å². The fourth-order valence-corrected chi connectivity index (χ4v) is 4.35. The molecule has 0 aliphatic heterocycles. The Morgan fingerprint density at radius 1 is 1.44 bits per heavy atom. The van der Waals surface area contributed by atoms with E-state index in [2.05, 4.69) is 20.7 Å². The molecular formula is C10H16BrNO2S2. The summed E-state index contributed by atoms with van der Waals surface area (Å²) in [5.41, 5.74) is -0.220. The van der Waals surface area contributed by atoms with Crippen molar-refractivity contribution in [3.05, 3.63) is 20.8 Å². The van der Waals surface area contributed by atoms with Gasteiger partial charge in [-0.1, -0.05) is 20.8 Å². The highest BCUT2D eigenvalue weighted by Gasteiger charge is 2.21. The van der Waals surface area contributed by atoms with Crippen molar-refractivity contribution >= 4 is 37.3 Å². The summed E-state index contributed by atoms with van der Waals surface area (Å²) in [5.74, 6) is 0.145. The predicted molar refractivity (Wildman–Crippen MR) is 72.1 cm³/mol. The van der Waals surface area contributed by atoms with Crippen LogP contribution in [-0.4, -0.2) is 14.2 Å². The summed E-state index contributed by atoms with van der Waals surface area (Å²) in [6.45, 7) is 6.10. The van der Waals surface area contributed by atoms with Crippen molar-refractivity contribution in [2.24, 2.45) is 5.41 Å². The van der Waals surface area contributed by atoms with Crippen molar-refractivity contribution in [3.63, 3.8) is 0 Å². The van der Waals surface area contributed by atoms with E-state index in [-0.39, 0.29) is 11.2 Å². The standard InChI is InChI=1S/C10H16BrNO2S2/c1-10(2,3)7-16(13,14)12-5-9-4-8(11)6-15-9/h4,6,12H,5,7H2,1-3H3. The van der Waals surface area contributed by atoms with Gasteiger partial charge in [0.1, 0.15) is 0 Å². The zero-order valence-electron chi connectivity index (χ0n) is 9.58. The lowest BCUT2D eigenvalue weighted by atomic mass is 10.0. The fraction of sp³-hybridized carbons (Fsp3) is 0.600. The van der Waals surface area contributed by atoms with Crippen LogP contribution in [0.1, 0.15) is 25.6 Å². The molecule has 1 aromatic rings. The molecule has 0 aliphatic rings. The highest BCUT2D eigenvalue weighted by molar-refractivity contribution is 9.10. The lowest BCUT2D eigenvalue weighted by molar-refractivity contribution is 0.458. The molecule has 1 rings (SSSR count). The van der Waals surface area contributed by atoms with Crippen LogP contribution >= 0.6 is 27.3 Å². The molecule has 1 N–H and O–H groups in total. The van der Waals surface area contributed by atoms with Crippen LogP contribution in [0.5, 0.6) is 0 Å². The van der Waals surface area contributed by atoms with Crippen LogP contribution in [0.4, 0.5) is 0 Å². The number of thiophene rings is 1. The van der Waals surface area contributed by atoms with Crippen molar-refractivity contribution in [3.8, 4) is 0 Å². The van der Waals surface area contributed by atoms with Gasteiger partial charge in [0.2, 0.25) is 10.0 Å². The Labute approximate surface area is 109 Å². The molecule has 0 spiro atoms. The van der Waals surface area contributed by atoms with Gasteiger partial charge in [0.25, 0.3) is 0 Å². The predicted octanol–water partition coefficient (Wildman–Crippen LogP) is 2.98. The molecule has 0 amide bonds. The SMILES string of the molecule is CC(C)(C)CS(=O)(=O)NCc1cc(Br)cs1. The Kier molecular flexibility index (Phi) is 4.57. The van der Waals surface area contributed by atoms with E-state index in [4.69, 9.17) is 0 Å². The van der Waals surface area contributed by atoms with Gasteiger partial charge >= 0.3 is 0 Å². The zero-order chi connectivity index (χ0) is 12.4. The monoisotopic (exact) mass is 325 g/mol. The molecule has 0 radical (unpaired) electrons. The van der Waals surface area contributed by atoms with Crippen molar-refractivity contribution in [2.45, 2.75) is 27.3 Å². The second kappa shape index (κ2) is 5.16. The van der Waals surface area contributed by atoms with Crippen molar-refractivity contribution in [1.82, 2.24) is 4.72 Å². The van der Waals surface area contributed by atoms with Crippen molar-refractivity contribution in [1.29, 1.82) is 0 Å². The number of hydrogen-bond donors (Lipinski definition) is 1. The van der Waals surface area contributed by atoms with Crippen LogP contribution in [0, 0.1) is 5.41 Å². The molecule has 3 nitrogen and oxygen atoms in total. The maximum absolute atomic E-state index is 11.7. The number of sulfonamides is 1. The summed E-state index contributed by atoms with van der Waals surface area (Å²) in [4.78, 5) is 1.00. The average Bonchev–Trinajstić information content (AvgIpc) is 2.44. The maximum Gasteiger partial charge on any atom is 0.212 e. The first-order valence-corrected chi connectivity index (χ1v) is 8.21. The van der Waals surface area contributed by atoms with Crippen LogP contribution in [0.15, 0.2) is 15.9 Å². The van der Waals surface area contributed by atoms with Gasteiger partial charge in [0.05, 0.1) is 5.75 Å². The van der Waals surface area contributed by atoms with Crippen molar-refractivity contribution < 1.29 is 8.42 Å². The normalized spacial score (nSPS) is 13.0. The largest absolute Gasteiger partial charge is 0.212 e. The van der Waals surface area contributed by atoms with E-state index in [0.717, 1.165) is 9.35 Å². The molecule has 0 fully saturated rings. The number of rotatable bonds is 4. The summed E-state index contributed by atoms with van der Waals surface area (Å²) >= 11 is 4.87. The number of nitrogens with one attached hydrogen (secondary N) is 1. The molecule has 1 heterocycles. The molecule has 1 aromatic heterocycles. The molecule has 92 valence electrons. The molecule has 0 aromatic carbocycles. The smallest absolute Gasteiger partial charge is 0.212 e.